The molecule has 1 atom stereocenters. The molecule has 2 aromatic rings. The number of hydrogen-bond donors (Lipinski definition) is 3. The van der Waals surface area contributed by atoms with E-state index in [-0.39, 0.29) is 12.0 Å². The molecule has 1 amide bonds. The minimum Gasteiger partial charge on any atom is -0.368 e. The summed E-state index contributed by atoms with van der Waals surface area (Å²) in [4.78, 5) is 20.8. The van der Waals surface area contributed by atoms with Gasteiger partial charge in [-0.1, -0.05) is 0 Å². The Labute approximate surface area is 128 Å². The summed E-state index contributed by atoms with van der Waals surface area (Å²) in [6, 6.07) is 1.98. The maximum absolute atomic E-state index is 10.9. The Hall–Kier alpha value is -2.19. The molecule has 8 nitrogen and oxygen atoms in total. The van der Waals surface area contributed by atoms with Crippen molar-refractivity contribution in [2.24, 2.45) is 0 Å². The van der Waals surface area contributed by atoms with Crippen LogP contribution in [0.3, 0.4) is 0 Å². The molecule has 1 saturated heterocycles. The predicted molar refractivity (Wildman–Crippen MR) is 78.7 cm³/mol. The second-order valence-electron chi connectivity index (χ2n) is 5.38. The molecule has 0 spiro atoms. The van der Waals surface area contributed by atoms with Crippen LogP contribution in [0.5, 0.6) is 0 Å². The highest BCUT2D eigenvalue weighted by atomic mass is 16.5. The molecule has 0 aromatic carbocycles. The molecule has 1 aliphatic heterocycles. The fourth-order valence-electron chi connectivity index (χ4n) is 2.47. The van der Waals surface area contributed by atoms with Gasteiger partial charge in [0.15, 0.2) is 0 Å². The van der Waals surface area contributed by atoms with Crippen LogP contribution >= 0.6 is 0 Å². The zero-order valence-corrected chi connectivity index (χ0v) is 12.5. The smallest absolute Gasteiger partial charge is 0.217 e. The molecule has 2 aromatic heterocycles. The van der Waals surface area contributed by atoms with Crippen molar-refractivity contribution in [2.45, 2.75) is 26.1 Å². The molecule has 0 radical (unpaired) electrons. The van der Waals surface area contributed by atoms with E-state index >= 15 is 0 Å². The number of amides is 1. The second-order valence-corrected chi connectivity index (χ2v) is 5.38. The van der Waals surface area contributed by atoms with Gasteiger partial charge in [0, 0.05) is 38.4 Å². The summed E-state index contributed by atoms with van der Waals surface area (Å²) in [5, 5.41) is 9.69. The van der Waals surface area contributed by atoms with Crippen LogP contribution in [0.4, 0.5) is 0 Å². The normalized spacial score (nSPS) is 19.2. The number of morpholine rings is 1. The maximum atomic E-state index is 10.9. The number of aromatic nitrogens is 4. The van der Waals surface area contributed by atoms with E-state index < -0.39 is 0 Å². The minimum absolute atomic E-state index is 0.0594. The van der Waals surface area contributed by atoms with Crippen molar-refractivity contribution >= 4 is 5.91 Å². The van der Waals surface area contributed by atoms with Crippen LogP contribution in [0, 0.1) is 0 Å². The SMILES string of the molecule is CC(=O)NCc1cnc([C@H]2CN(Cc3ccn[nH]3)CCO2)[nH]1. The van der Waals surface area contributed by atoms with Crippen LogP contribution in [-0.4, -0.2) is 50.7 Å². The minimum atomic E-state index is -0.0808. The van der Waals surface area contributed by atoms with Crippen molar-refractivity contribution in [3.63, 3.8) is 0 Å². The number of aromatic amines is 2. The highest BCUT2D eigenvalue weighted by molar-refractivity contribution is 5.72. The van der Waals surface area contributed by atoms with E-state index in [4.69, 9.17) is 4.74 Å². The molecule has 118 valence electrons. The third-order valence-electron chi connectivity index (χ3n) is 3.58. The van der Waals surface area contributed by atoms with Crippen LogP contribution < -0.4 is 5.32 Å². The quantitative estimate of drug-likeness (QED) is 0.740. The first-order valence-electron chi connectivity index (χ1n) is 7.31. The Bertz CT molecular complexity index is 609. The number of rotatable bonds is 5. The largest absolute Gasteiger partial charge is 0.368 e. The monoisotopic (exact) mass is 304 g/mol. The van der Waals surface area contributed by atoms with Gasteiger partial charge in [0.2, 0.25) is 5.91 Å². The number of carbonyl (C=O) groups excluding carboxylic acids is 1. The van der Waals surface area contributed by atoms with Crippen LogP contribution in [0.1, 0.15) is 30.2 Å². The number of H-pyrrole nitrogens is 2. The fourth-order valence-corrected chi connectivity index (χ4v) is 2.47. The molecule has 22 heavy (non-hydrogen) atoms. The lowest BCUT2D eigenvalue weighted by Crippen LogP contribution is -2.38. The predicted octanol–water partition coefficient (Wildman–Crippen LogP) is 0.342. The molecule has 3 rings (SSSR count). The molecular formula is C14H20N6O2. The van der Waals surface area contributed by atoms with Crippen molar-refractivity contribution in [1.29, 1.82) is 0 Å². The summed E-state index contributed by atoms with van der Waals surface area (Å²) in [5.74, 6) is 0.741. The van der Waals surface area contributed by atoms with Crippen LogP contribution in [0.15, 0.2) is 18.5 Å². The van der Waals surface area contributed by atoms with Gasteiger partial charge in [-0.05, 0) is 6.07 Å². The lowest BCUT2D eigenvalue weighted by Gasteiger charge is -2.31. The van der Waals surface area contributed by atoms with E-state index in [1.54, 1.807) is 12.4 Å². The summed E-state index contributed by atoms with van der Waals surface area (Å²) in [5.41, 5.74) is 1.96. The van der Waals surface area contributed by atoms with Gasteiger partial charge in [-0.3, -0.25) is 14.8 Å². The van der Waals surface area contributed by atoms with Gasteiger partial charge in [-0.2, -0.15) is 5.10 Å². The Morgan fingerprint density at radius 3 is 3.23 bits per heavy atom. The van der Waals surface area contributed by atoms with Gasteiger partial charge in [0.05, 0.1) is 25.0 Å². The molecule has 8 heteroatoms. The Kier molecular flexibility index (Phi) is 4.50. The fraction of sp³-hybridized carbons (Fsp3) is 0.500. The standard InChI is InChI=1S/C14H20N6O2/c1-10(21)15-6-12-7-16-14(18-12)13-9-20(4-5-22-13)8-11-2-3-17-19-11/h2-3,7,13H,4-6,8-9H2,1H3,(H,15,21)(H,16,18)(H,17,19)/t13-/m1/s1. The number of hydrogen-bond acceptors (Lipinski definition) is 5. The van der Waals surface area contributed by atoms with Crippen LogP contribution in [-0.2, 0) is 22.6 Å². The zero-order valence-electron chi connectivity index (χ0n) is 12.5. The molecule has 0 saturated carbocycles. The first kappa shape index (κ1) is 14.7. The molecular weight excluding hydrogens is 284 g/mol. The Morgan fingerprint density at radius 2 is 2.45 bits per heavy atom. The lowest BCUT2D eigenvalue weighted by molar-refractivity contribution is -0.119. The number of nitrogens with zero attached hydrogens (tertiary/aromatic N) is 3. The van der Waals surface area contributed by atoms with Crippen molar-refractivity contribution in [3.8, 4) is 0 Å². The summed E-state index contributed by atoms with van der Waals surface area (Å²) in [6.45, 7) is 5.09. The van der Waals surface area contributed by atoms with Gasteiger partial charge < -0.3 is 15.0 Å². The number of nitrogens with one attached hydrogen (secondary N) is 3. The topological polar surface area (TPSA) is 98.9 Å². The van der Waals surface area contributed by atoms with E-state index in [0.717, 1.165) is 36.8 Å². The molecule has 3 heterocycles. The van der Waals surface area contributed by atoms with Crippen LogP contribution in [0.2, 0.25) is 0 Å². The van der Waals surface area contributed by atoms with Crippen molar-refractivity contribution in [3.05, 3.63) is 35.7 Å². The van der Waals surface area contributed by atoms with E-state index in [2.05, 4.69) is 30.4 Å². The Balaban J connectivity index is 1.58. The summed E-state index contributed by atoms with van der Waals surface area (Å²) < 4.78 is 5.80. The van der Waals surface area contributed by atoms with E-state index in [9.17, 15) is 4.79 Å². The van der Waals surface area contributed by atoms with Gasteiger partial charge in [-0.15, -0.1) is 0 Å². The maximum Gasteiger partial charge on any atom is 0.217 e. The van der Waals surface area contributed by atoms with Crippen molar-refractivity contribution in [2.75, 3.05) is 19.7 Å². The van der Waals surface area contributed by atoms with Gasteiger partial charge in [0.25, 0.3) is 0 Å². The van der Waals surface area contributed by atoms with Gasteiger partial charge in [-0.25, -0.2) is 4.98 Å². The average molecular weight is 304 g/mol. The van der Waals surface area contributed by atoms with Crippen molar-refractivity contribution < 1.29 is 9.53 Å². The molecule has 3 N–H and O–H groups in total. The number of imidazole rings is 1. The molecule has 0 bridgehead atoms. The van der Waals surface area contributed by atoms with E-state index in [1.807, 2.05) is 6.07 Å². The average Bonchev–Trinajstić information content (AvgIpc) is 3.16. The third-order valence-corrected chi connectivity index (χ3v) is 3.58. The molecule has 0 aliphatic carbocycles. The molecule has 1 fully saturated rings. The molecule has 0 unspecified atom stereocenters. The lowest BCUT2D eigenvalue weighted by atomic mass is 10.2. The van der Waals surface area contributed by atoms with Crippen molar-refractivity contribution in [1.82, 2.24) is 30.4 Å². The summed E-state index contributed by atoms with van der Waals surface area (Å²) in [7, 11) is 0. The first-order valence-corrected chi connectivity index (χ1v) is 7.31. The zero-order chi connectivity index (χ0) is 15.4. The summed E-state index contributed by atoms with van der Waals surface area (Å²) >= 11 is 0. The number of ether oxygens (including phenoxy) is 1. The Morgan fingerprint density at radius 1 is 1.55 bits per heavy atom. The first-order chi connectivity index (χ1) is 10.7. The van der Waals surface area contributed by atoms with E-state index in [1.165, 1.54) is 6.92 Å². The van der Waals surface area contributed by atoms with Gasteiger partial charge >= 0.3 is 0 Å². The second kappa shape index (κ2) is 6.71. The van der Waals surface area contributed by atoms with E-state index in [0.29, 0.717) is 13.2 Å². The highest BCUT2D eigenvalue weighted by Gasteiger charge is 2.24. The number of carbonyl (C=O) groups is 1. The highest BCUT2D eigenvalue weighted by Crippen LogP contribution is 2.20. The van der Waals surface area contributed by atoms with Gasteiger partial charge in [0.1, 0.15) is 11.9 Å². The van der Waals surface area contributed by atoms with Crippen LogP contribution in [0.25, 0.3) is 0 Å². The molecule has 1 aliphatic rings. The summed E-state index contributed by atoms with van der Waals surface area (Å²) in [6.07, 6.45) is 3.42. The third kappa shape index (κ3) is 3.71.